The van der Waals surface area contributed by atoms with Crippen molar-refractivity contribution in [2.24, 2.45) is 0 Å². The number of thiocarbonyl (C=S) groups is 1. The number of halogens is 1. The van der Waals surface area contributed by atoms with Gasteiger partial charge in [-0.05, 0) is 90.7 Å². The lowest BCUT2D eigenvalue weighted by Crippen LogP contribution is -2.34. The average Bonchev–Trinajstić information content (AvgIpc) is 2.79. The zero-order valence-electron chi connectivity index (χ0n) is 18.6. The Kier molecular flexibility index (Phi) is 9.27. The number of benzene rings is 3. The summed E-state index contributed by atoms with van der Waals surface area (Å²) >= 11 is 8.80. The maximum absolute atomic E-state index is 12.6. The van der Waals surface area contributed by atoms with Crippen molar-refractivity contribution >= 4 is 44.9 Å². The molecular weight excluding hydrogens is 500 g/mol. The van der Waals surface area contributed by atoms with Gasteiger partial charge in [0.2, 0.25) is 0 Å². The van der Waals surface area contributed by atoms with Crippen molar-refractivity contribution in [1.29, 1.82) is 0 Å². The monoisotopic (exact) mass is 526 g/mol. The van der Waals surface area contributed by atoms with Crippen LogP contribution >= 0.6 is 28.1 Å². The number of hydrogen-bond donors (Lipinski definition) is 2. The Hall–Kier alpha value is -2.90. The van der Waals surface area contributed by atoms with E-state index in [1.165, 1.54) is 5.56 Å². The van der Waals surface area contributed by atoms with Crippen LogP contribution in [0.1, 0.15) is 36.2 Å². The van der Waals surface area contributed by atoms with Gasteiger partial charge in [0.25, 0.3) is 5.91 Å². The Bertz CT molecular complexity index is 1090. The fourth-order valence-corrected chi connectivity index (χ4v) is 3.79. The van der Waals surface area contributed by atoms with E-state index in [1.807, 2.05) is 56.3 Å². The first-order valence-electron chi connectivity index (χ1n) is 10.8. The number of hydrogen-bond acceptors (Lipinski definition) is 4. The number of ether oxygens (including phenoxy) is 2. The van der Waals surface area contributed by atoms with Gasteiger partial charge in [-0.2, -0.15) is 0 Å². The van der Waals surface area contributed by atoms with Crippen LogP contribution in [0.2, 0.25) is 0 Å². The summed E-state index contributed by atoms with van der Waals surface area (Å²) in [5.41, 5.74) is 2.45. The minimum absolute atomic E-state index is 0.0402. The summed E-state index contributed by atoms with van der Waals surface area (Å²) in [4.78, 5) is 12.6. The van der Waals surface area contributed by atoms with Crippen LogP contribution in [0.4, 0.5) is 5.69 Å². The Labute approximate surface area is 208 Å². The number of rotatable bonds is 9. The molecule has 172 valence electrons. The zero-order valence-corrected chi connectivity index (χ0v) is 21.0. The summed E-state index contributed by atoms with van der Waals surface area (Å²) in [7, 11) is 0. The highest BCUT2D eigenvalue weighted by Crippen LogP contribution is 2.27. The van der Waals surface area contributed by atoms with Crippen LogP contribution in [0.25, 0.3) is 0 Å². The van der Waals surface area contributed by atoms with Gasteiger partial charge >= 0.3 is 0 Å². The molecule has 0 radical (unpaired) electrons. The fraction of sp³-hybridized carbons (Fsp3) is 0.231. The molecular formula is C26H27BrN2O3S. The highest BCUT2D eigenvalue weighted by Gasteiger charge is 2.13. The van der Waals surface area contributed by atoms with Gasteiger partial charge in [0.1, 0.15) is 11.5 Å². The molecule has 5 nitrogen and oxygen atoms in total. The Balaban J connectivity index is 1.53. The van der Waals surface area contributed by atoms with E-state index < -0.39 is 0 Å². The molecule has 0 saturated carbocycles. The number of amides is 1. The maximum Gasteiger partial charge on any atom is 0.257 e. The van der Waals surface area contributed by atoms with E-state index in [-0.39, 0.29) is 17.1 Å². The van der Waals surface area contributed by atoms with Gasteiger partial charge in [-0.3, -0.25) is 10.1 Å². The second kappa shape index (κ2) is 12.4. The second-order valence-corrected chi connectivity index (χ2v) is 8.92. The van der Waals surface area contributed by atoms with Crippen LogP contribution in [0, 0.1) is 0 Å². The molecule has 1 amide bonds. The number of para-hydroxylation sites is 2. The first-order chi connectivity index (χ1) is 15.9. The zero-order chi connectivity index (χ0) is 23.6. The highest BCUT2D eigenvalue weighted by atomic mass is 79.9. The number of anilines is 1. The molecule has 0 aliphatic heterocycles. The fourth-order valence-electron chi connectivity index (χ4n) is 3.12. The molecule has 0 bridgehead atoms. The van der Waals surface area contributed by atoms with Gasteiger partial charge in [0, 0.05) is 5.56 Å². The van der Waals surface area contributed by atoms with E-state index >= 15 is 0 Å². The first kappa shape index (κ1) is 24.7. The van der Waals surface area contributed by atoms with Crippen molar-refractivity contribution in [1.82, 2.24) is 5.32 Å². The molecule has 0 fully saturated rings. The van der Waals surface area contributed by atoms with E-state index in [2.05, 4.69) is 38.7 Å². The van der Waals surface area contributed by atoms with Gasteiger partial charge in [-0.25, -0.2) is 0 Å². The highest BCUT2D eigenvalue weighted by molar-refractivity contribution is 9.10. The van der Waals surface area contributed by atoms with E-state index in [0.717, 1.165) is 12.8 Å². The predicted molar refractivity (Wildman–Crippen MR) is 140 cm³/mol. The quantitative estimate of drug-likeness (QED) is 0.250. The lowest BCUT2D eigenvalue weighted by Gasteiger charge is -2.15. The summed E-state index contributed by atoms with van der Waals surface area (Å²) < 4.78 is 12.3. The van der Waals surface area contributed by atoms with E-state index in [9.17, 15) is 4.79 Å². The summed E-state index contributed by atoms with van der Waals surface area (Å²) in [6, 6.07) is 23.0. The summed E-state index contributed by atoms with van der Waals surface area (Å²) in [5, 5.41) is 5.97. The predicted octanol–water partition coefficient (Wildman–Crippen LogP) is 6.37. The summed E-state index contributed by atoms with van der Waals surface area (Å²) in [6.07, 6.45) is 1.88. The standard InChI is InChI=1S/C26H27BrN2O3S/c1-18(2)32-23-15-14-20(17-21(23)27)25(30)29-26(33)28-22-12-6-7-13-24(22)31-16-8-11-19-9-4-3-5-10-19/h3-7,9-10,12-15,17-18H,8,11,16H2,1-2H3,(H2,28,29,30,33). The van der Waals surface area contributed by atoms with Crippen molar-refractivity contribution in [2.75, 3.05) is 11.9 Å². The molecule has 7 heteroatoms. The van der Waals surface area contributed by atoms with Gasteiger partial charge in [0.15, 0.2) is 5.11 Å². The molecule has 3 aromatic carbocycles. The van der Waals surface area contributed by atoms with Gasteiger partial charge < -0.3 is 14.8 Å². The van der Waals surface area contributed by atoms with E-state index in [0.29, 0.717) is 33.8 Å². The molecule has 0 unspecified atom stereocenters. The van der Waals surface area contributed by atoms with Crippen LogP contribution in [0.15, 0.2) is 77.3 Å². The van der Waals surface area contributed by atoms with Crippen molar-refractivity contribution in [2.45, 2.75) is 32.8 Å². The molecule has 0 saturated heterocycles. The molecule has 0 aliphatic rings. The van der Waals surface area contributed by atoms with Crippen molar-refractivity contribution in [3.8, 4) is 11.5 Å². The smallest absolute Gasteiger partial charge is 0.257 e. The molecule has 3 aromatic rings. The molecule has 3 rings (SSSR count). The molecule has 0 spiro atoms. The summed E-state index contributed by atoms with van der Waals surface area (Å²) in [6.45, 7) is 4.47. The Morgan fingerprint density at radius 2 is 1.73 bits per heavy atom. The Morgan fingerprint density at radius 3 is 2.45 bits per heavy atom. The third kappa shape index (κ3) is 7.87. The molecule has 0 atom stereocenters. The minimum atomic E-state index is -0.314. The second-order valence-electron chi connectivity index (χ2n) is 7.65. The van der Waals surface area contributed by atoms with Crippen LogP contribution < -0.4 is 20.1 Å². The van der Waals surface area contributed by atoms with Gasteiger partial charge in [-0.1, -0.05) is 42.5 Å². The van der Waals surface area contributed by atoms with Crippen molar-refractivity contribution in [3.05, 3.63) is 88.4 Å². The third-order valence-electron chi connectivity index (χ3n) is 4.63. The molecule has 0 heterocycles. The Morgan fingerprint density at radius 1 is 1.00 bits per heavy atom. The molecule has 0 aliphatic carbocycles. The topological polar surface area (TPSA) is 59.6 Å². The lowest BCUT2D eigenvalue weighted by atomic mass is 10.1. The van der Waals surface area contributed by atoms with Gasteiger partial charge in [0.05, 0.1) is 22.9 Å². The largest absolute Gasteiger partial charge is 0.491 e. The third-order valence-corrected chi connectivity index (χ3v) is 5.45. The van der Waals surface area contributed by atoms with E-state index in [1.54, 1.807) is 18.2 Å². The number of aryl methyl sites for hydroxylation is 1. The maximum atomic E-state index is 12.6. The normalized spacial score (nSPS) is 10.5. The van der Waals surface area contributed by atoms with Crippen molar-refractivity contribution < 1.29 is 14.3 Å². The SMILES string of the molecule is CC(C)Oc1ccc(C(=O)NC(=S)Nc2ccccc2OCCCc2ccccc2)cc1Br. The van der Waals surface area contributed by atoms with Crippen molar-refractivity contribution in [3.63, 3.8) is 0 Å². The van der Waals surface area contributed by atoms with Crippen LogP contribution in [-0.2, 0) is 6.42 Å². The van der Waals surface area contributed by atoms with Gasteiger partial charge in [-0.15, -0.1) is 0 Å². The minimum Gasteiger partial charge on any atom is -0.491 e. The average molecular weight is 527 g/mol. The number of nitrogens with one attached hydrogen (secondary N) is 2. The van der Waals surface area contributed by atoms with Crippen LogP contribution in [0.5, 0.6) is 11.5 Å². The summed E-state index contributed by atoms with van der Waals surface area (Å²) in [5.74, 6) is 1.05. The molecule has 33 heavy (non-hydrogen) atoms. The van der Waals surface area contributed by atoms with Crippen LogP contribution in [0.3, 0.4) is 0 Å². The number of carbonyl (C=O) groups is 1. The van der Waals surface area contributed by atoms with Crippen LogP contribution in [-0.4, -0.2) is 23.7 Å². The molecule has 0 aromatic heterocycles. The lowest BCUT2D eigenvalue weighted by molar-refractivity contribution is 0.0977. The van der Waals surface area contributed by atoms with E-state index in [4.69, 9.17) is 21.7 Å². The number of carbonyl (C=O) groups excluding carboxylic acids is 1. The first-order valence-corrected chi connectivity index (χ1v) is 12.0. The molecule has 2 N–H and O–H groups in total.